The van der Waals surface area contributed by atoms with Crippen LogP contribution in [0, 0.1) is 21.4 Å². The molecule has 3 heterocycles. The number of anilines is 3. The molecular formula is C19H22N8O2. The van der Waals surface area contributed by atoms with E-state index in [9.17, 15) is 15.4 Å². The maximum absolute atomic E-state index is 11.3. The van der Waals surface area contributed by atoms with Gasteiger partial charge in [-0.1, -0.05) is 0 Å². The summed E-state index contributed by atoms with van der Waals surface area (Å²) in [5.74, 6) is 0.764. The van der Waals surface area contributed by atoms with E-state index < -0.39 is 10.3 Å². The number of aromatic nitrogens is 3. The molecule has 1 saturated heterocycles. The van der Waals surface area contributed by atoms with Crippen LogP contribution in [0.25, 0.3) is 0 Å². The Labute approximate surface area is 168 Å². The zero-order chi connectivity index (χ0) is 20.8. The van der Waals surface area contributed by atoms with Crippen molar-refractivity contribution < 1.29 is 4.92 Å². The lowest BCUT2D eigenvalue weighted by Crippen LogP contribution is -2.57. The van der Waals surface area contributed by atoms with E-state index in [1.807, 2.05) is 0 Å². The number of benzene rings is 1. The van der Waals surface area contributed by atoms with E-state index in [-0.39, 0.29) is 24.1 Å². The Bertz CT molecular complexity index is 1020. The highest BCUT2D eigenvalue weighted by Gasteiger charge is 2.51. The highest BCUT2D eigenvalue weighted by Crippen LogP contribution is 2.46. The van der Waals surface area contributed by atoms with Gasteiger partial charge in [0.25, 0.3) is 5.69 Å². The van der Waals surface area contributed by atoms with E-state index in [4.69, 9.17) is 5.73 Å². The van der Waals surface area contributed by atoms with Gasteiger partial charge in [-0.3, -0.25) is 10.1 Å². The van der Waals surface area contributed by atoms with Crippen molar-refractivity contribution >= 4 is 23.3 Å². The molecule has 0 bridgehead atoms. The number of nitrogens with zero attached hydrogens (tertiary/aromatic N) is 7. The Kier molecular flexibility index (Phi) is 4.45. The van der Waals surface area contributed by atoms with Gasteiger partial charge in [-0.2, -0.15) is 20.2 Å². The molecule has 10 heteroatoms. The molecule has 0 aliphatic carbocycles. The first-order valence-corrected chi connectivity index (χ1v) is 9.50. The monoisotopic (exact) mass is 394 g/mol. The van der Waals surface area contributed by atoms with Crippen LogP contribution in [-0.4, -0.2) is 46.6 Å². The van der Waals surface area contributed by atoms with Crippen molar-refractivity contribution in [1.29, 1.82) is 5.26 Å². The Balaban J connectivity index is 1.92. The van der Waals surface area contributed by atoms with Crippen LogP contribution < -0.4 is 15.5 Å². The van der Waals surface area contributed by atoms with Gasteiger partial charge in [-0.05, 0) is 30.9 Å². The minimum atomic E-state index is -1.07. The summed E-state index contributed by atoms with van der Waals surface area (Å²) in [5, 5.41) is 21.7. The first-order valence-electron chi connectivity index (χ1n) is 9.50. The number of fused-ring (bicyclic) bond motifs is 3. The van der Waals surface area contributed by atoms with Crippen molar-refractivity contribution in [3.8, 4) is 6.07 Å². The summed E-state index contributed by atoms with van der Waals surface area (Å²) in [7, 11) is 3.59. The highest BCUT2D eigenvalue weighted by molar-refractivity contribution is 5.64. The van der Waals surface area contributed by atoms with Gasteiger partial charge >= 0.3 is 0 Å². The molecular weight excluding hydrogens is 372 g/mol. The summed E-state index contributed by atoms with van der Waals surface area (Å²) in [6, 6.07) is 7.22. The van der Waals surface area contributed by atoms with Gasteiger partial charge in [0.15, 0.2) is 5.82 Å². The lowest BCUT2D eigenvalue weighted by Gasteiger charge is -2.49. The fraction of sp³-hybridized carbons (Fsp3) is 0.474. The third kappa shape index (κ3) is 2.99. The van der Waals surface area contributed by atoms with Gasteiger partial charge in [0.05, 0.1) is 17.0 Å². The minimum absolute atomic E-state index is 0.00944. The minimum Gasteiger partial charge on any atom is -0.368 e. The van der Waals surface area contributed by atoms with Gasteiger partial charge in [-0.25, -0.2) is 0 Å². The quantitative estimate of drug-likeness (QED) is 0.610. The molecule has 2 aromatic rings. The van der Waals surface area contributed by atoms with Crippen LogP contribution in [0.4, 0.5) is 23.3 Å². The molecule has 0 saturated carbocycles. The Morgan fingerprint density at radius 1 is 1.34 bits per heavy atom. The molecule has 150 valence electrons. The third-order valence-electron chi connectivity index (χ3n) is 5.76. The number of piperidine rings is 1. The number of hydrogen-bond donors (Lipinski definition) is 1. The first kappa shape index (κ1) is 18.9. The van der Waals surface area contributed by atoms with Gasteiger partial charge < -0.3 is 15.5 Å². The summed E-state index contributed by atoms with van der Waals surface area (Å²) >= 11 is 0. The van der Waals surface area contributed by atoms with E-state index in [1.165, 1.54) is 6.07 Å². The average molecular weight is 394 g/mol. The molecule has 29 heavy (non-hydrogen) atoms. The molecule has 2 aliphatic heterocycles. The molecule has 0 radical (unpaired) electrons. The lowest BCUT2D eigenvalue weighted by molar-refractivity contribution is -0.384. The lowest BCUT2D eigenvalue weighted by atomic mass is 9.68. The molecule has 2 atom stereocenters. The number of nitriles is 1. The summed E-state index contributed by atoms with van der Waals surface area (Å²) in [6.45, 7) is 0.778. The standard InChI is InChI=1S/C19H22N8O2/c1-25(2)18-23-16(22-17(21)24-18)19(11-20)10-12-9-13(27(28)29)6-7-14(12)26-8-4-3-5-15(19)26/h6-7,9,15H,3-5,8,10H2,1-2H3,(H2,21,22,23,24)/t15-,19+/m1/s1. The van der Waals surface area contributed by atoms with Crippen molar-refractivity contribution in [2.75, 3.05) is 36.2 Å². The third-order valence-corrected chi connectivity index (χ3v) is 5.76. The molecule has 2 aliphatic rings. The largest absolute Gasteiger partial charge is 0.368 e. The number of rotatable bonds is 3. The van der Waals surface area contributed by atoms with Crippen LogP contribution in [0.1, 0.15) is 30.7 Å². The Morgan fingerprint density at radius 2 is 2.14 bits per heavy atom. The second-order valence-corrected chi connectivity index (χ2v) is 7.75. The molecule has 2 N–H and O–H groups in total. The fourth-order valence-corrected chi connectivity index (χ4v) is 4.43. The van der Waals surface area contributed by atoms with Gasteiger partial charge in [0.2, 0.25) is 11.9 Å². The summed E-state index contributed by atoms with van der Waals surface area (Å²) in [4.78, 5) is 27.9. The predicted molar refractivity (Wildman–Crippen MR) is 108 cm³/mol. The van der Waals surface area contributed by atoms with Crippen LogP contribution in [0.3, 0.4) is 0 Å². The SMILES string of the molecule is CN(C)c1nc(N)nc([C@]2(C#N)Cc3cc([N+](=O)[O-])ccc3N3CCCC[C@@H]32)n1. The molecule has 1 aromatic carbocycles. The molecule has 0 spiro atoms. The number of non-ortho nitro benzene ring substituents is 1. The summed E-state index contributed by atoms with van der Waals surface area (Å²) in [5.41, 5.74) is 6.59. The topological polar surface area (TPSA) is 138 Å². The summed E-state index contributed by atoms with van der Waals surface area (Å²) < 4.78 is 0. The van der Waals surface area contributed by atoms with E-state index in [1.54, 1.807) is 31.1 Å². The molecule has 1 fully saturated rings. The molecule has 4 rings (SSSR count). The van der Waals surface area contributed by atoms with E-state index in [0.29, 0.717) is 11.8 Å². The fourth-order valence-electron chi connectivity index (χ4n) is 4.43. The van der Waals surface area contributed by atoms with Crippen molar-refractivity contribution in [2.24, 2.45) is 0 Å². The molecule has 0 unspecified atom stereocenters. The molecule has 0 amide bonds. The van der Waals surface area contributed by atoms with E-state index in [0.717, 1.165) is 37.1 Å². The number of nitrogens with two attached hydrogens (primary N) is 1. The van der Waals surface area contributed by atoms with Crippen LogP contribution in [-0.2, 0) is 11.8 Å². The van der Waals surface area contributed by atoms with Crippen LogP contribution in [0.15, 0.2) is 18.2 Å². The predicted octanol–water partition coefficient (Wildman–Crippen LogP) is 1.80. The number of nitrogen functional groups attached to an aromatic ring is 1. The zero-order valence-corrected chi connectivity index (χ0v) is 16.4. The van der Waals surface area contributed by atoms with Crippen LogP contribution >= 0.6 is 0 Å². The normalized spacial score (nSPS) is 22.9. The van der Waals surface area contributed by atoms with Crippen molar-refractivity contribution in [1.82, 2.24) is 15.0 Å². The highest BCUT2D eigenvalue weighted by atomic mass is 16.6. The maximum Gasteiger partial charge on any atom is 0.269 e. The van der Waals surface area contributed by atoms with Gasteiger partial charge in [0, 0.05) is 44.9 Å². The van der Waals surface area contributed by atoms with Gasteiger partial charge in [0.1, 0.15) is 5.41 Å². The van der Waals surface area contributed by atoms with E-state index >= 15 is 0 Å². The van der Waals surface area contributed by atoms with Gasteiger partial charge in [-0.15, -0.1) is 0 Å². The Hall–Kier alpha value is -3.48. The number of hydrogen-bond acceptors (Lipinski definition) is 9. The van der Waals surface area contributed by atoms with Crippen molar-refractivity contribution in [3.63, 3.8) is 0 Å². The number of nitro groups is 1. The zero-order valence-electron chi connectivity index (χ0n) is 16.4. The van der Waals surface area contributed by atoms with Crippen LogP contribution in [0.2, 0.25) is 0 Å². The van der Waals surface area contributed by atoms with Crippen LogP contribution in [0.5, 0.6) is 0 Å². The van der Waals surface area contributed by atoms with E-state index in [2.05, 4.69) is 25.9 Å². The first-order chi connectivity index (χ1) is 13.9. The average Bonchev–Trinajstić information content (AvgIpc) is 2.72. The Morgan fingerprint density at radius 3 is 2.83 bits per heavy atom. The molecule has 10 nitrogen and oxygen atoms in total. The maximum atomic E-state index is 11.3. The van der Waals surface area contributed by atoms with Crippen molar-refractivity contribution in [3.05, 3.63) is 39.7 Å². The smallest absolute Gasteiger partial charge is 0.269 e. The summed E-state index contributed by atoms with van der Waals surface area (Å²) in [6.07, 6.45) is 3.09. The second-order valence-electron chi connectivity index (χ2n) is 7.75. The number of nitro benzene ring substituents is 1. The second kappa shape index (κ2) is 6.84. The van der Waals surface area contributed by atoms with Crippen molar-refractivity contribution in [2.45, 2.75) is 37.1 Å². The molecule has 1 aromatic heterocycles.